The monoisotopic (exact) mass is 255 g/mol. The first-order chi connectivity index (χ1) is 9.35. The van der Waals surface area contributed by atoms with Gasteiger partial charge in [-0.05, 0) is 36.6 Å². The predicted octanol–water partition coefficient (Wildman–Crippen LogP) is 3.96. The van der Waals surface area contributed by atoms with E-state index >= 15 is 0 Å². The largest absolute Gasteiger partial charge is 0.355 e. The molecule has 0 aromatic heterocycles. The number of anilines is 1. The quantitative estimate of drug-likeness (QED) is 0.803. The van der Waals surface area contributed by atoms with Crippen molar-refractivity contribution in [3.63, 3.8) is 0 Å². The Morgan fingerprint density at radius 1 is 1.26 bits per heavy atom. The smallest absolute Gasteiger partial charge is 0.0460 e. The third kappa shape index (κ3) is 4.13. The van der Waals surface area contributed by atoms with E-state index in [4.69, 9.17) is 0 Å². The average Bonchev–Trinajstić information content (AvgIpc) is 2.49. The van der Waals surface area contributed by atoms with Gasteiger partial charge in [0.15, 0.2) is 0 Å². The standard InChI is InChI=1S/C16H19N.C2H6/c1-3-8-14(4-2)17-16-12-7-10-13-9-5-6-11-15(13)16;1-2/h4,7-12,17H,2-3,5-6H2,1H3;1-2H3/b14-8+;. The molecule has 1 heteroatoms. The van der Waals surface area contributed by atoms with E-state index in [-0.39, 0.29) is 0 Å². The fraction of sp³-hybridized carbons (Fsp3) is 0.333. The molecule has 0 atom stereocenters. The van der Waals surface area contributed by atoms with E-state index in [0.717, 1.165) is 25.0 Å². The molecule has 0 amide bonds. The van der Waals surface area contributed by atoms with Gasteiger partial charge in [0.2, 0.25) is 0 Å². The number of nitrogens with one attached hydrogen (secondary N) is 1. The van der Waals surface area contributed by atoms with E-state index in [2.05, 4.69) is 55.2 Å². The van der Waals surface area contributed by atoms with Crippen molar-refractivity contribution in [2.45, 2.75) is 40.0 Å². The van der Waals surface area contributed by atoms with Gasteiger partial charge in [0.05, 0.1) is 0 Å². The molecule has 0 saturated carbocycles. The second-order valence-corrected chi connectivity index (χ2v) is 4.19. The zero-order valence-corrected chi connectivity index (χ0v) is 12.4. The fourth-order valence-corrected chi connectivity index (χ4v) is 2.13. The van der Waals surface area contributed by atoms with Gasteiger partial charge < -0.3 is 5.32 Å². The zero-order valence-electron chi connectivity index (χ0n) is 12.4. The molecule has 0 aliphatic heterocycles. The Morgan fingerprint density at radius 2 is 2.00 bits per heavy atom. The molecule has 1 aromatic carbocycles. The molecule has 0 fully saturated rings. The molecule has 102 valence electrons. The summed E-state index contributed by atoms with van der Waals surface area (Å²) in [7, 11) is 0. The van der Waals surface area contributed by atoms with Crippen LogP contribution in [-0.2, 0) is 0 Å². The van der Waals surface area contributed by atoms with Crippen LogP contribution in [0.4, 0.5) is 5.69 Å². The van der Waals surface area contributed by atoms with Crippen molar-refractivity contribution >= 4 is 17.8 Å². The first kappa shape index (κ1) is 15.3. The number of allylic oxidation sites excluding steroid dienone is 2. The van der Waals surface area contributed by atoms with Crippen LogP contribution in [0.2, 0.25) is 0 Å². The highest BCUT2D eigenvalue weighted by Gasteiger charge is 2.00. The van der Waals surface area contributed by atoms with Gasteiger partial charge >= 0.3 is 0 Å². The Kier molecular flexibility index (Phi) is 6.73. The zero-order chi connectivity index (χ0) is 14.1. The van der Waals surface area contributed by atoms with Crippen molar-refractivity contribution in [2.75, 3.05) is 5.32 Å². The highest BCUT2D eigenvalue weighted by atomic mass is 14.9. The lowest BCUT2D eigenvalue weighted by Crippen LogP contribution is -2.29. The highest BCUT2D eigenvalue weighted by Crippen LogP contribution is 2.06. The molecule has 1 N–H and O–H groups in total. The van der Waals surface area contributed by atoms with Crippen molar-refractivity contribution in [2.24, 2.45) is 0 Å². The number of hydrogen-bond donors (Lipinski definition) is 1. The third-order valence-electron chi connectivity index (χ3n) is 2.94. The van der Waals surface area contributed by atoms with Crippen LogP contribution in [0.1, 0.15) is 40.0 Å². The molecular weight excluding hydrogens is 230 g/mol. The maximum atomic E-state index is 3.84. The van der Waals surface area contributed by atoms with Gasteiger partial charge in [0, 0.05) is 16.6 Å². The first-order valence-corrected chi connectivity index (χ1v) is 7.24. The predicted molar refractivity (Wildman–Crippen MR) is 87.4 cm³/mol. The van der Waals surface area contributed by atoms with Crippen molar-refractivity contribution in [3.05, 3.63) is 53.1 Å². The first-order valence-electron chi connectivity index (χ1n) is 7.24. The average molecular weight is 255 g/mol. The summed E-state index contributed by atoms with van der Waals surface area (Å²) in [5.41, 5.74) is 2.26. The molecule has 2 rings (SSSR count). The molecule has 1 aliphatic carbocycles. The Labute approximate surface area is 117 Å². The van der Waals surface area contributed by atoms with Crippen LogP contribution in [0.5, 0.6) is 0 Å². The van der Waals surface area contributed by atoms with Crippen LogP contribution in [0, 0.1) is 0 Å². The summed E-state index contributed by atoms with van der Waals surface area (Å²) >= 11 is 0. The molecule has 0 unspecified atom stereocenters. The van der Waals surface area contributed by atoms with E-state index < -0.39 is 0 Å². The molecule has 0 spiro atoms. The Bertz CT molecular complexity index is 550. The molecule has 1 nitrogen and oxygen atoms in total. The molecule has 19 heavy (non-hydrogen) atoms. The van der Waals surface area contributed by atoms with Gasteiger partial charge in [0.25, 0.3) is 0 Å². The summed E-state index contributed by atoms with van der Waals surface area (Å²) in [6.45, 7) is 9.97. The lowest BCUT2D eigenvalue weighted by molar-refractivity contribution is 1.12. The molecule has 0 heterocycles. The van der Waals surface area contributed by atoms with E-state index in [0.29, 0.717) is 0 Å². The van der Waals surface area contributed by atoms with Gasteiger partial charge in [-0.1, -0.05) is 57.7 Å². The van der Waals surface area contributed by atoms with Crippen LogP contribution < -0.4 is 15.8 Å². The van der Waals surface area contributed by atoms with E-state index in [9.17, 15) is 0 Å². The summed E-state index contributed by atoms with van der Waals surface area (Å²) < 4.78 is 0. The minimum Gasteiger partial charge on any atom is -0.355 e. The van der Waals surface area contributed by atoms with Crippen LogP contribution >= 0.6 is 0 Å². The number of fused-ring (bicyclic) bond motifs is 1. The third-order valence-corrected chi connectivity index (χ3v) is 2.94. The van der Waals surface area contributed by atoms with Gasteiger partial charge in [0.1, 0.15) is 0 Å². The summed E-state index contributed by atoms with van der Waals surface area (Å²) in [4.78, 5) is 0. The Hall–Kier alpha value is -1.76. The van der Waals surface area contributed by atoms with Gasteiger partial charge in [-0.2, -0.15) is 0 Å². The van der Waals surface area contributed by atoms with E-state index in [1.54, 1.807) is 0 Å². The van der Waals surface area contributed by atoms with Crippen LogP contribution in [0.25, 0.3) is 12.2 Å². The second kappa shape index (κ2) is 8.36. The minimum atomic E-state index is 1.01. The Morgan fingerprint density at radius 3 is 2.68 bits per heavy atom. The van der Waals surface area contributed by atoms with Gasteiger partial charge in [-0.25, -0.2) is 0 Å². The van der Waals surface area contributed by atoms with Gasteiger partial charge in [-0.15, -0.1) is 0 Å². The lowest BCUT2D eigenvalue weighted by Gasteiger charge is -2.10. The molecule has 0 saturated heterocycles. The maximum absolute atomic E-state index is 3.84. The second-order valence-electron chi connectivity index (χ2n) is 4.19. The van der Waals surface area contributed by atoms with Crippen LogP contribution in [0.3, 0.4) is 0 Å². The topological polar surface area (TPSA) is 12.0 Å². The summed E-state index contributed by atoms with van der Waals surface area (Å²) in [5, 5.41) is 6.11. The van der Waals surface area contributed by atoms with Gasteiger partial charge in [-0.3, -0.25) is 0 Å². The molecule has 1 aliphatic rings. The fourth-order valence-electron chi connectivity index (χ4n) is 2.13. The SMILES string of the molecule is C=C/C(=C\CC)Nc1cccc2c1=CCCC=2.CC. The number of benzene rings is 1. The van der Waals surface area contributed by atoms with E-state index in [1.165, 1.54) is 16.1 Å². The molecule has 0 bridgehead atoms. The molecule has 1 aromatic rings. The Balaban J connectivity index is 0.000000861. The maximum Gasteiger partial charge on any atom is 0.0460 e. The van der Waals surface area contributed by atoms with Crippen molar-refractivity contribution < 1.29 is 0 Å². The minimum absolute atomic E-state index is 1.01. The number of rotatable bonds is 4. The summed E-state index contributed by atoms with van der Waals surface area (Å²) in [5.74, 6) is 0. The van der Waals surface area contributed by atoms with Crippen molar-refractivity contribution in [3.8, 4) is 0 Å². The normalized spacial score (nSPS) is 13.1. The van der Waals surface area contributed by atoms with Crippen LogP contribution in [0.15, 0.2) is 42.6 Å². The van der Waals surface area contributed by atoms with Crippen molar-refractivity contribution in [1.29, 1.82) is 0 Å². The highest BCUT2D eigenvalue weighted by molar-refractivity contribution is 5.57. The summed E-state index contributed by atoms with van der Waals surface area (Å²) in [6.07, 6.45) is 11.9. The van der Waals surface area contributed by atoms with E-state index in [1.807, 2.05) is 19.9 Å². The molecule has 0 radical (unpaired) electrons. The molecular formula is C18H25N. The summed E-state index contributed by atoms with van der Waals surface area (Å²) in [6, 6.07) is 6.40. The van der Waals surface area contributed by atoms with Crippen molar-refractivity contribution in [1.82, 2.24) is 0 Å². The number of hydrogen-bond acceptors (Lipinski definition) is 1. The lowest BCUT2D eigenvalue weighted by atomic mass is 10.1. The van der Waals surface area contributed by atoms with Crippen LogP contribution in [-0.4, -0.2) is 0 Å².